The molecule has 0 aromatic heterocycles. The van der Waals surface area contributed by atoms with E-state index in [1.807, 2.05) is 4.90 Å². The van der Waals surface area contributed by atoms with Crippen LogP contribution in [0.15, 0.2) is 48.5 Å². The van der Waals surface area contributed by atoms with Crippen LogP contribution in [0.25, 0.3) is 0 Å². The number of nitro groups is 1. The summed E-state index contributed by atoms with van der Waals surface area (Å²) in [6.45, 7) is 2.31. The Balaban J connectivity index is 1.54. The lowest BCUT2D eigenvalue weighted by Crippen LogP contribution is -2.56. The third-order valence-electron chi connectivity index (χ3n) is 6.47. The van der Waals surface area contributed by atoms with Crippen LogP contribution in [0.2, 0.25) is 0 Å². The number of benzene rings is 2. The second kappa shape index (κ2) is 9.01. The zero-order valence-corrected chi connectivity index (χ0v) is 17.9. The van der Waals surface area contributed by atoms with Crippen LogP contribution in [0.3, 0.4) is 0 Å². The van der Waals surface area contributed by atoms with Crippen LogP contribution < -0.4 is 4.90 Å². The standard InChI is InChI=1S/C23H24F3N3O4/c24-23(25,26)18-4-1-3-17(15-18)22(7-13-33-14-8-22)21(30)28-11-9-27(10-12-28)19-5-2-6-20(16-19)29(31)32/h1-6,15-16H,7-14H2. The number of halogens is 3. The summed E-state index contributed by atoms with van der Waals surface area (Å²) >= 11 is 0. The Morgan fingerprint density at radius 1 is 1.00 bits per heavy atom. The minimum absolute atomic E-state index is 0.00305. The first kappa shape index (κ1) is 23.0. The highest BCUT2D eigenvalue weighted by molar-refractivity contribution is 5.89. The van der Waals surface area contributed by atoms with E-state index in [1.54, 1.807) is 23.1 Å². The number of hydrogen-bond donors (Lipinski definition) is 0. The van der Waals surface area contributed by atoms with Gasteiger partial charge in [-0.15, -0.1) is 0 Å². The van der Waals surface area contributed by atoms with Crippen molar-refractivity contribution in [3.05, 3.63) is 69.8 Å². The molecule has 10 heteroatoms. The van der Waals surface area contributed by atoms with E-state index in [2.05, 4.69) is 0 Å². The molecule has 0 unspecified atom stereocenters. The maximum absolute atomic E-state index is 13.7. The first-order valence-corrected chi connectivity index (χ1v) is 10.7. The van der Waals surface area contributed by atoms with E-state index in [1.165, 1.54) is 18.2 Å². The van der Waals surface area contributed by atoms with E-state index < -0.39 is 22.1 Å². The summed E-state index contributed by atoms with van der Waals surface area (Å²) in [6.07, 6.45) is -3.86. The number of non-ortho nitro benzene ring substituents is 1. The molecule has 2 aromatic carbocycles. The molecule has 2 aliphatic rings. The number of carbonyl (C=O) groups excluding carboxylic acids is 1. The fraction of sp³-hybridized carbons (Fsp3) is 0.435. The number of carbonyl (C=O) groups is 1. The van der Waals surface area contributed by atoms with Gasteiger partial charge in [0.05, 0.1) is 15.9 Å². The predicted octanol–water partition coefficient (Wildman–Crippen LogP) is 4.01. The Labute approximate surface area is 188 Å². The summed E-state index contributed by atoms with van der Waals surface area (Å²) in [6, 6.07) is 11.4. The summed E-state index contributed by atoms with van der Waals surface area (Å²) in [5, 5.41) is 11.1. The van der Waals surface area contributed by atoms with Crippen molar-refractivity contribution in [2.24, 2.45) is 0 Å². The minimum atomic E-state index is -4.49. The molecular formula is C23H24F3N3O4. The lowest BCUT2D eigenvalue weighted by molar-refractivity contribution is -0.384. The van der Waals surface area contributed by atoms with E-state index in [0.29, 0.717) is 63.5 Å². The average Bonchev–Trinajstić information content (AvgIpc) is 2.84. The second-order valence-electron chi connectivity index (χ2n) is 8.33. The van der Waals surface area contributed by atoms with Crippen LogP contribution in [0.1, 0.15) is 24.0 Å². The third kappa shape index (κ3) is 4.66. The van der Waals surface area contributed by atoms with Crippen molar-refractivity contribution in [1.29, 1.82) is 0 Å². The average molecular weight is 463 g/mol. The molecule has 2 saturated heterocycles. The van der Waals surface area contributed by atoms with Gasteiger partial charge in [0.15, 0.2) is 0 Å². The molecule has 1 amide bonds. The molecule has 0 bridgehead atoms. The van der Waals surface area contributed by atoms with E-state index >= 15 is 0 Å². The normalized spacial score (nSPS) is 18.8. The van der Waals surface area contributed by atoms with Crippen molar-refractivity contribution in [3.63, 3.8) is 0 Å². The summed E-state index contributed by atoms with van der Waals surface area (Å²) < 4.78 is 45.4. The van der Waals surface area contributed by atoms with E-state index in [0.717, 1.165) is 12.1 Å². The quantitative estimate of drug-likeness (QED) is 0.506. The molecule has 2 aliphatic heterocycles. The Morgan fingerprint density at radius 2 is 1.67 bits per heavy atom. The number of alkyl halides is 3. The molecule has 2 heterocycles. The summed E-state index contributed by atoms with van der Waals surface area (Å²) in [4.78, 5) is 28.0. The van der Waals surface area contributed by atoms with Crippen LogP contribution in [0, 0.1) is 10.1 Å². The van der Waals surface area contributed by atoms with Crippen LogP contribution >= 0.6 is 0 Å². The van der Waals surface area contributed by atoms with Gasteiger partial charge in [0.25, 0.3) is 5.69 Å². The van der Waals surface area contributed by atoms with Gasteiger partial charge in [0, 0.05) is 57.2 Å². The van der Waals surface area contributed by atoms with Gasteiger partial charge in [-0.25, -0.2) is 0 Å². The van der Waals surface area contributed by atoms with E-state index in [4.69, 9.17) is 4.74 Å². The highest BCUT2D eigenvalue weighted by atomic mass is 19.4. The summed E-state index contributed by atoms with van der Waals surface area (Å²) in [7, 11) is 0. The van der Waals surface area contributed by atoms with Crippen molar-refractivity contribution in [2.75, 3.05) is 44.3 Å². The van der Waals surface area contributed by atoms with Crippen LogP contribution in [0.4, 0.5) is 24.5 Å². The molecule has 0 spiro atoms. The number of rotatable bonds is 4. The molecule has 2 aromatic rings. The molecule has 0 saturated carbocycles. The topological polar surface area (TPSA) is 75.9 Å². The van der Waals surface area contributed by atoms with Gasteiger partial charge in [-0.3, -0.25) is 14.9 Å². The molecule has 4 rings (SSSR count). The number of ether oxygens (including phenoxy) is 1. The highest BCUT2D eigenvalue weighted by Gasteiger charge is 2.45. The number of hydrogen-bond acceptors (Lipinski definition) is 5. The molecule has 0 N–H and O–H groups in total. The molecule has 0 radical (unpaired) electrons. The molecule has 0 atom stereocenters. The smallest absolute Gasteiger partial charge is 0.381 e. The fourth-order valence-electron chi connectivity index (χ4n) is 4.61. The van der Waals surface area contributed by atoms with Gasteiger partial charge < -0.3 is 14.5 Å². The SMILES string of the molecule is O=C(N1CCN(c2cccc([N+](=O)[O-])c2)CC1)C1(c2cccc(C(F)(F)F)c2)CCOCC1. The van der Waals surface area contributed by atoms with Crippen molar-refractivity contribution < 1.29 is 27.6 Å². The van der Waals surface area contributed by atoms with Crippen LogP contribution in [-0.2, 0) is 21.1 Å². The number of anilines is 1. The van der Waals surface area contributed by atoms with Crippen molar-refractivity contribution in [3.8, 4) is 0 Å². The number of nitro benzene ring substituents is 1. The van der Waals surface area contributed by atoms with Crippen molar-refractivity contribution in [1.82, 2.24) is 4.90 Å². The van der Waals surface area contributed by atoms with Crippen LogP contribution in [0.5, 0.6) is 0 Å². The molecule has 0 aliphatic carbocycles. The van der Waals surface area contributed by atoms with Crippen molar-refractivity contribution >= 4 is 17.3 Å². The van der Waals surface area contributed by atoms with Gasteiger partial charge in [-0.2, -0.15) is 13.2 Å². The Morgan fingerprint density at radius 3 is 2.30 bits per heavy atom. The fourth-order valence-corrected chi connectivity index (χ4v) is 4.61. The molecule has 7 nitrogen and oxygen atoms in total. The van der Waals surface area contributed by atoms with Gasteiger partial charge in [0.2, 0.25) is 5.91 Å². The predicted molar refractivity (Wildman–Crippen MR) is 115 cm³/mol. The monoisotopic (exact) mass is 463 g/mol. The number of piperazine rings is 1. The largest absolute Gasteiger partial charge is 0.416 e. The summed E-state index contributed by atoms with van der Waals surface area (Å²) in [5.74, 6) is -0.191. The Bertz CT molecular complexity index is 1030. The van der Waals surface area contributed by atoms with Gasteiger partial charge >= 0.3 is 6.18 Å². The molecular weight excluding hydrogens is 439 g/mol. The van der Waals surface area contributed by atoms with Gasteiger partial charge in [0.1, 0.15) is 0 Å². The Hall–Kier alpha value is -3.14. The lowest BCUT2D eigenvalue weighted by atomic mass is 9.72. The molecule has 176 valence electrons. The van der Waals surface area contributed by atoms with Gasteiger partial charge in [-0.1, -0.05) is 24.3 Å². The lowest BCUT2D eigenvalue weighted by Gasteiger charge is -2.43. The maximum atomic E-state index is 13.7. The first-order valence-electron chi connectivity index (χ1n) is 10.7. The minimum Gasteiger partial charge on any atom is -0.381 e. The summed E-state index contributed by atoms with van der Waals surface area (Å²) in [5.41, 5.74) is -0.764. The molecule has 2 fully saturated rings. The van der Waals surface area contributed by atoms with Crippen LogP contribution in [-0.4, -0.2) is 55.1 Å². The maximum Gasteiger partial charge on any atom is 0.416 e. The highest BCUT2D eigenvalue weighted by Crippen LogP contribution is 2.40. The zero-order valence-electron chi connectivity index (χ0n) is 17.9. The van der Waals surface area contributed by atoms with E-state index in [9.17, 15) is 28.1 Å². The first-order chi connectivity index (χ1) is 15.7. The van der Waals surface area contributed by atoms with E-state index in [-0.39, 0.29) is 11.6 Å². The van der Waals surface area contributed by atoms with Gasteiger partial charge in [-0.05, 0) is 30.5 Å². The number of amides is 1. The second-order valence-corrected chi connectivity index (χ2v) is 8.33. The zero-order chi connectivity index (χ0) is 23.6. The molecule has 33 heavy (non-hydrogen) atoms. The third-order valence-corrected chi connectivity index (χ3v) is 6.47. The number of nitrogens with zero attached hydrogens (tertiary/aromatic N) is 3. The van der Waals surface area contributed by atoms with Crippen molar-refractivity contribution in [2.45, 2.75) is 24.4 Å². The Kier molecular flexibility index (Phi) is 6.29.